The quantitative estimate of drug-likeness (QED) is 0.381. The largest absolute Gasteiger partial charge is 0.458 e. The van der Waals surface area contributed by atoms with Crippen LogP contribution in [0.4, 0.5) is 0 Å². The first-order valence-electron chi connectivity index (χ1n) is 5.76. The maximum atomic E-state index is 11.1. The molecule has 0 unspecified atom stereocenters. The van der Waals surface area contributed by atoms with Crippen molar-refractivity contribution in [2.45, 2.75) is 25.9 Å². The first-order chi connectivity index (χ1) is 8.51. The van der Waals surface area contributed by atoms with Crippen molar-refractivity contribution in [3.63, 3.8) is 0 Å². The van der Waals surface area contributed by atoms with E-state index in [4.69, 9.17) is 15.2 Å². The maximum Gasteiger partial charge on any atom is 0.330 e. The molecule has 5 nitrogen and oxygen atoms in total. The molecule has 0 aliphatic rings. The van der Waals surface area contributed by atoms with Gasteiger partial charge in [0.1, 0.15) is 6.61 Å². The van der Waals surface area contributed by atoms with Crippen LogP contribution >= 0.6 is 0 Å². The number of hydrogen-bond acceptors (Lipinski definition) is 4. The second kappa shape index (κ2) is 9.41. The number of nitrogens with two attached hydrogens (primary N) is 1. The third-order valence-corrected chi connectivity index (χ3v) is 2.45. The predicted molar refractivity (Wildman–Crippen MR) is 68.7 cm³/mol. The Hall–Kier alpha value is -1.62. The van der Waals surface area contributed by atoms with E-state index in [1.54, 1.807) is 6.08 Å². The Balaban J connectivity index is 4.09. The highest BCUT2D eigenvalue weighted by molar-refractivity contribution is 5.81. The van der Waals surface area contributed by atoms with Crippen LogP contribution in [0.5, 0.6) is 0 Å². The molecule has 0 aromatic rings. The molecular weight excluding hydrogens is 234 g/mol. The average Bonchev–Trinajstić information content (AvgIpc) is 2.32. The first-order valence-corrected chi connectivity index (χ1v) is 5.76. The summed E-state index contributed by atoms with van der Waals surface area (Å²) in [6, 6.07) is 0. The fraction of sp³-hybridized carbons (Fsp3) is 0.538. The van der Waals surface area contributed by atoms with Crippen LogP contribution in [0.2, 0.25) is 0 Å². The standard InChI is InChI=1S/C13H21NO4/c1-4-8-18-13(16)7-5-6-10(2)11(17-3)9-12(14)15/h4-5,7,10-11H,1,6,8-9H2,2-3H3,(H2,14,15)/b7-5+/t10-,11+/m1/s1. The van der Waals surface area contributed by atoms with E-state index in [1.165, 1.54) is 19.3 Å². The van der Waals surface area contributed by atoms with E-state index in [-0.39, 0.29) is 25.0 Å². The molecule has 0 spiro atoms. The van der Waals surface area contributed by atoms with Gasteiger partial charge in [-0.25, -0.2) is 4.79 Å². The van der Waals surface area contributed by atoms with E-state index in [9.17, 15) is 9.59 Å². The minimum atomic E-state index is -0.411. The van der Waals surface area contributed by atoms with Crippen molar-refractivity contribution < 1.29 is 19.1 Å². The van der Waals surface area contributed by atoms with E-state index in [0.717, 1.165) is 0 Å². The Labute approximate surface area is 108 Å². The molecule has 0 bridgehead atoms. The molecule has 0 fully saturated rings. The van der Waals surface area contributed by atoms with Crippen molar-refractivity contribution in [2.24, 2.45) is 11.7 Å². The van der Waals surface area contributed by atoms with Gasteiger partial charge in [-0.05, 0) is 12.3 Å². The molecule has 102 valence electrons. The monoisotopic (exact) mass is 255 g/mol. The van der Waals surface area contributed by atoms with Gasteiger partial charge in [0.2, 0.25) is 5.91 Å². The molecule has 0 aliphatic carbocycles. The van der Waals surface area contributed by atoms with Gasteiger partial charge in [-0.15, -0.1) is 0 Å². The zero-order chi connectivity index (χ0) is 14.0. The van der Waals surface area contributed by atoms with Crippen LogP contribution in [0.1, 0.15) is 19.8 Å². The zero-order valence-corrected chi connectivity index (χ0v) is 10.9. The lowest BCUT2D eigenvalue weighted by molar-refractivity contribution is -0.136. The fourth-order valence-electron chi connectivity index (χ4n) is 1.43. The molecule has 2 N–H and O–H groups in total. The molecule has 0 aromatic heterocycles. The Kier molecular flexibility index (Phi) is 8.57. The van der Waals surface area contributed by atoms with E-state index in [2.05, 4.69) is 6.58 Å². The molecule has 5 heteroatoms. The summed E-state index contributed by atoms with van der Waals surface area (Å²) in [6.07, 6.45) is 5.10. The van der Waals surface area contributed by atoms with Gasteiger partial charge < -0.3 is 15.2 Å². The molecule has 0 rings (SSSR count). The lowest BCUT2D eigenvalue weighted by Gasteiger charge is -2.19. The highest BCUT2D eigenvalue weighted by atomic mass is 16.5. The van der Waals surface area contributed by atoms with Gasteiger partial charge in [0.15, 0.2) is 0 Å². The number of hydrogen-bond donors (Lipinski definition) is 1. The lowest BCUT2D eigenvalue weighted by atomic mass is 9.97. The number of carbonyl (C=O) groups excluding carboxylic acids is 2. The Morgan fingerprint density at radius 1 is 1.44 bits per heavy atom. The Bertz CT molecular complexity index is 312. The van der Waals surface area contributed by atoms with Crippen LogP contribution in [0.3, 0.4) is 0 Å². The van der Waals surface area contributed by atoms with Crippen molar-refractivity contribution in [1.29, 1.82) is 0 Å². The number of methoxy groups -OCH3 is 1. The topological polar surface area (TPSA) is 78.6 Å². The van der Waals surface area contributed by atoms with Crippen LogP contribution in [-0.2, 0) is 19.1 Å². The average molecular weight is 255 g/mol. The number of rotatable bonds is 9. The van der Waals surface area contributed by atoms with Crippen LogP contribution in [-0.4, -0.2) is 31.7 Å². The zero-order valence-electron chi connectivity index (χ0n) is 10.9. The maximum absolute atomic E-state index is 11.1. The SMILES string of the molecule is C=CCOC(=O)/C=C/C[C@@H](C)[C@H](CC(N)=O)OC. The van der Waals surface area contributed by atoms with Crippen LogP contribution in [0.15, 0.2) is 24.8 Å². The molecule has 2 atom stereocenters. The van der Waals surface area contributed by atoms with Crippen LogP contribution in [0, 0.1) is 5.92 Å². The van der Waals surface area contributed by atoms with Gasteiger partial charge in [-0.2, -0.15) is 0 Å². The molecule has 0 saturated heterocycles. The normalized spacial score (nSPS) is 14.1. The molecule has 0 radical (unpaired) electrons. The van der Waals surface area contributed by atoms with Crippen LogP contribution < -0.4 is 5.73 Å². The number of amides is 1. The third kappa shape index (κ3) is 7.62. The molecule has 0 aliphatic heterocycles. The van der Waals surface area contributed by atoms with Gasteiger partial charge in [0.25, 0.3) is 0 Å². The number of allylic oxidation sites excluding steroid dienone is 1. The molecule has 1 amide bonds. The van der Waals surface area contributed by atoms with Crippen molar-refractivity contribution in [2.75, 3.05) is 13.7 Å². The summed E-state index contributed by atoms with van der Waals surface area (Å²) in [4.78, 5) is 22.0. The summed E-state index contributed by atoms with van der Waals surface area (Å²) in [7, 11) is 1.53. The van der Waals surface area contributed by atoms with Crippen LogP contribution in [0.25, 0.3) is 0 Å². The van der Waals surface area contributed by atoms with E-state index < -0.39 is 11.9 Å². The minimum Gasteiger partial charge on any atom is -0.458 e. The Morgan fingerprint density at radius 3 is 2.61 bits per heavy atom. The Morgan fingerprint density at radius 2 is 2.11 bits per heavy atom. The summed E-state index contributed by atoms with van der Waals surface area (Å²) in [5.41, 5.74) is 5.12. The predicted octanol–water partition coefficient (Wildman–Crippen LogP) is 1.19. The smallest absolute Gasteiger partial charge is 0.330 e. The molecule has 18 heavy (non-hydrogen) atoms. The molecular formula is C13H21NO4. The molecule has 0 heterocycles. The van der Waals surface area contributed by atoms with Gasteiger partial charge in [0, 0.05) is 13.2 Å². The fourth-order valence-corrected chi connectivity index (χ4v) is 1.43. The van der Waals surface area contributed by atoms with Gasteiger partial charge in [-0.1, -0.05) is 25.7 Å². The lowest BCUT2D eigenvalue weighted by Crippen LogP contribution is -2.27. The van der Waals surface area contributed by atoms with Gasteiger partial charge in [-0.3, -0.25) is 4.79 Å². The third-order valence-electron chi connectivity index (χ3n) is 2.45. The van der Waals surface area contributed by atoms with E-state index in [0.29, 0.717) is 6.42 Å². The first kappa shape index (κ1) is 16.4. The summed E-state index contributed by atoms with van der Waals surface area (Å²) in [6.45, 7) is 5.56. The van der Waals surface area contributed by atoms with Gasteiger partial charge in [0.05, 0.1) is 12.5 Å². The summed E-state index contributed by atoms with van der Waals surface area (Å²) < 4.78 is 9.96. The van der Waals surface area contributed by atoms with Crippen molar-refractivity contribution in [3.05, 3.63) is 24.8 Å². The number of ether oxygens (including phenoxy) is 2. The minimum absolute atomic E-state index is 0.0888. The summed E-state index contributed by atoms with van der Waals surface area (Å²) in [5.74, 6) is -0.722. The summed E-state index contributed by atoms with van der Waals surface area (Å²) in [5, 5.41) is 0. The van der Waals surface area contributed by atoms with Gasteiger partial charge >= 0.3 is 5.97 Å². The summed E-state index contributed by atoms with van der Waals surface area (Å²) >= 11 is 0. The van der Waals surface area contributed by atoms with E-state index >= 15 is 0 Å². The van der Waals surface area contributed by atoms with Crippen molar-refractivity contribution >= 4 is 11.9 Å². The van der Waals surface area contributed by atoms with Crippen molar-refractivity contribution in [3.8, 4) is 0 Å². The highest BCUT2D eigenvalue weighted by Gasteiger charge is 2.17. The molecule has 0 aromatic carbocycles. The van der Waals surface area contributed by atoms with E-state index in [1.807, 2.05) is 6.92 Å². The van der Waals surface area contributed by atoms with Crippen molar-refractivity contribution in [1.82, 2.24) is 0 Å². The number of esters is 1. The molecule has 0 saturated carbocycles. The second-order valence-corrected chi connectivity index (χ2v) is 3.98. The highest BCUT2D eigenvalue weighted by Crippen LogP contribution is 2.15. The number of primary amides is 1. The second-order valence-electron chi connectivity index (χ2n) is 3.98. The number of carbonyl (C=O) groups is 2.